The number of unbranched alkanes of at least 4 members (excludes halogenated alkanes) is 1. The van der Waals surface area contributed by atoms with E-state index in [0.717, 1.165) is 41.6 Å². The Morgan fingerprint density at radius 3 is 3.06 bits per heavy atom. The van der Waals surface area contributed by atoms with Gasteiger partial charge in [0.15, 0.2) is 4.34 Å². The highest BCUT2D eigenvalue weighted by Crippen LogP contribution is 2.30. The van der Waals surface area contributed by atoms with Crippen molar-refractivity contribution in [1.29, 1.82) is 0 Å². The number of hydrogen-bond donors (Lipinski definition) is 1. The molecular formula is C13H18N2OS2. The second-order valence-electron chi connectivity index (χ2n) is 3.91. The van der Waals surface area contributed by atoms with Crippen LogP contribution in [0.4, 0.5) is 0 Å². The number of nitrogens with zero attached hydrogens (tertiary/aromatic N) is 1. The molecule has 0 radical (unpaired) electrons. The molecule has 5 heteroatoms. The molecule has 0 atom stereocenters. The fraction of sp³-hybridized carbons (Fsp3) is 0.462. The third kappa shape index (κ3) is 3.60. The van der Waals surface area contributed by atoms with Gasteiger partial charge < -0.3 is 4.74 Å². The summed E-state index contributed by atoms with van der Waals surface area (Å²) in [6.45, 7) is 5.97. The van der Waals surface area contributed by atoms with Crippen LogP contribution in [0.3, 0.4) is 0 Å². The normalized spacial score (nSPS) is 11.0. The van der Waals surface area contributed by atoms with Crippen molar-refractivity contribution in [3.8, 4) is 5.75 Å². The van der Waals surface area contributed by atoms with E-state index in [1.165, 1.54) is 4.70 Å². The second-order valence-corrected chi connectivity index (χ2v) is 6.08. The highest BCUT2D eigenvalue weighted by molar-refractivity contribution is 7.99. The van der Waals surface area contributed by atoms with Crippen molar-refractivity contribution in [2.45, 2.75) is 31.0 Å². The number of aromatic nitrogens is 1. The molecule has 0 aliphatic rings. The first-order valence-corrected chi connectivity index (χ1v) is 7.90. The average Bonchev–Trinajstić information content (AvgIpc) is 2.78. The Hall–Kier alpha value is -0.780. The maximum Gasteiger partial charge on any atom is 0.166 e. The Morgan fingerprint density at radius 1 is 1.39 bits per heavy atom. The van der Waals surface area contributed by atoms with Crippen molar-refractivity contribution in [3.63, 3.8) is 0 Å². The maximum absolute atomic E-state index is 5.69. The van der Waals surface area contributed by atoms with Gasteiger partial charge in [0.1, 0.15) is 5.75 Å². The monoisotopic (exact) mass is 282 g/mol. The Balaban J connectivity index is 2.07. The molecule has 18 heavy (non-hydrogen) atoms. The molecule has 3 nitrogen and oxygen atoms in total. The van der Waals surface area contributed by atoms with Gasteiger partial charge >= 0.3 is 0 Å². The van der Waals surface area contributed by atoms with Crippen LogP contribution < -0.4 is 9.46 Å². The number of hydrogen-bond acceptors (Lipinski definition) is 5. The average molecular weight is 282 g/mol. The molecule has 1 aromatic heterocycles. The largest absolute Gasteiger partial charge is 0.494 e. The molecule has 0 aliphatic carbocycles. The van der Waals surface area contributed by atoms with Crippen LogP contribution in [0.15, 0.2) is 22.5 Å². The standard InChI is InChI=1S/C13H18N2OS2/c1-3-5-8-16-10-6-7-12-11(9-10)15-13(17-12)18-14-4-2/h6-7,9,14H,3-5,8H2,1-2H3. The summed E-state index contributed by atoms with van der Waals surface area (Å²) in [4.78, 5) is 4.58. The third-order valence-corrected chi connectivity index (χ3v) is 4.44. The Labute approximate surface area is 116 Å². The fourth-order valence-electron chi connectivity index (χ4n) is 1.49. The van der Waals surface area contributed by atoms with Gasteiger partial charge in [0.05, 0.1) is 16.8 Å². The first kappa shape index (κ1) is 13.6. The van der Waals surface area contributed by atoms with Crippen LogP contribution in [0.2, 0.25) is 0 Å². The van der Waals surface area contributed by atoms with E-state index < -0.39 is 0 Å². The summed E-state index contributed by atoms with van der Waals surface area (Å²) in [5.41, 5.74) is 1.02. The summed E-state index contributed by atoms with van der Waals surface area (Å²) in [6.07, 6.45) is 2.25. The van der Waals surface area contributed by atoms with Crippen LogP contribution in [-0.4, -0.2) is 18.1 Å². The lowest BCUT2D eigenvalue weighted by Crippen LogP contribution is -1.99. The fourth-order valence-corrected chi connectivity index (χ4v) is 3.19. The lowest BCUT2D eigenvalue weighted by molar-refractivity contribution is 0.310. The molecule has 2 aromatic rings. The predicted octanol–water partition coefficient (Wildman–Crippen LogP) is 4.09. The van der Waals surface area contributed by atoms with Crippen molar-refractivity contribution < 1.29 is 4.74 Å². The summed E-state index contributed by atoms with van der Waals surface area (Å²) in [5, 5.41) is 0. The molecule has 1 heterocycles. The van der Waals surface area contributed by atoms with Gasteiger partial charge in [-0.2, -0.15) is 0 Å². The number of benzene rings is 1. The zero-order valence-corrected chi connectivity index (χ0v) is 12.4. The molecular weight excluding hydrogens is 264 g/mol. The molecule has 0 unspecified atom stereocenters. The second kappa shape index (κ2) is 6.97. The summed E-state index contributed by atoms with van der Waals surface area (Å²) in [6, 6.07) is 6.14. The minimum atomic E-state index is 0.783. The quantitative estimate of drug-likeness (QED) is 0.612. The number of nitrogens with one attached hydrogen (secondary N) is 1. The molecule has 98 valence electrons. The summed E-state index contributed by atoms with van der Waals surface area (Å²) in [5.74, 6) is 0.918. The smallest absolute Gasteiger partial charge is 0.166 e. The number of thiazole rings is 1. The lowest BCUT2D eigenvalue weighted by atomic mass is 10.3. The summed E-state index contributed by atoms with van der Waals surface area (Å²) >= 11 is 3.30. The zero-order chi connectivity index (χ0) is 12.8. The van der Waals surface area contributed by atoms with Gasteiger partial charge in [-0.15, -0.1) is 11.3 Å². The highest BCUT2D eigenvalue weighted by Gasteiger charge is 2.05. The number of rotatable bonds is 7. The maximum atomic E-state index is 5.69. The Bertz CT molecular complexity index is 499. The van der Waals surface area contributed by atoms with Crippen molar-refractivity contribution >= 4 is 33.5 Å². The molecule has 1 aromatic carbocycles. The molecule has 2 rings (SSSR count). The van der Waals surface area contributed by atoms with Gasteiger partial charge in [-0.25, -0.2) is 4.98 Å². The van der Waals surface area contributed by atoms with Crippen LogP contribution >= 0.6 is 23.3 Å². The van der Waals surface area contributed by atoms with E-state index in [1.54, 1.807) is 23.3 Å². The summed E-state index contributed by atoms with van der Waals surface area (Å²) in [7, 11) is 0. The van der Waals surface area contributed by atoms with Gasteiger partial charge in [0, 0.05) is 12.6 Å². The molecule has 0 fully saturated rings. The number of fused-ring (bicyclic) bond motifs is 1. The van der Waals surface area contributed by atoms with E-state index in [2.05, 4.69) is 29.6 Å². The van der Waals surface area contributed by atoms with Crippen molar-refractivity contribution in [3.05, 3.63) is 18.2 Å². The number of ether oxygens (including phenoxy) is 1. The zero-order valence-electron chi connectivity index (χ0n) is 10.7. The van der Waals surface area contributed by atoms with Crippen molar-refractivity contribution in [2.24, 2.45) is 0 Å². The van der Waals surface area contributed by atoms with Crippen LogP contribution in [0.5, 0.6) is 5.75 Å². The molecule has 0 aliphatic heterocycles. The van der Waals surface area contributed by atoms with E-state index in [4.69, 9.17) is 4.74 Å². The summed E-state index contributed by atoms with van der Waals surface area (Å²) < 4.78 is 11.2. The molecule has 1 N–H and O–H groups in total. The lowest BCUT2D eigenvalue weighted by Gasteiger charge is -2.04. The van der Waals surface area contributed by atoms with Gasteiger partial charge in [0.2, 0.25) is 0 Å². The Morgan fingerprint density at radius 2 is 2.28 bits per heavy atom. The highest BCUT2D eigenvalue weighted by atomic mass is 32.2. The van der Waals surface area contributed by atoms with Gasteiger partial charge in [-0.1, -0.05) is 20.3 Å². The SMILES string of the molecule is CCCCOc1ccc2sc(SNCC)nc2c1. The third-order valence-electron chi connectivity index (χ3n) is 2.41. The van der Waals surface area contributed by atoms with Crippen LogP contribution in [0, 0.1) is 0 Å². The van der Waals surface area contributed by atoms with Gasteiger partial charge in [-0.05, 0) is 30.5 Å². The topological polar surface area (TPSA) is 34.1 Å². The minimum Gasteiger partial charge on any atom is -0.494 e. The first-order valence-electron chi connectivity index (χ1n) is 6.26. The molecule has 0 spiro atoms. The Kier molecular flexibility index (Phi) is 5.28. The van der Waals surface area contributed by atoms with E-state index in [1.807, 2.05) is 12.1 Å². The van der Waals surface area contributed by atoms with Crippen LogP contribution in [0.1, 0.15) is 26.7 Å². The van der Waals surface area contributed by atoms with Crippen LogP contribution in [0.25, 0.3) is 10.2 Å². The van der Waals surface area contributed by atoms with Crippen LogP contribution in [-0.2, 0) is 0 Å². The van der Waals surface area contributed by atoms with E-state index >= 15 is 0 Å². The van der Waals surface area contributed by atoms with Gasteiger partial charge in [-0.3, -0.25) is 4.72 Å². The van der Waals surface area contributed by atoms with Crippen molar-refractivity contribution in [1.82, 2.24) is 9.71 Å². The van der Waals surface area contributed by atoms with E-state index in [9.17, 15) is 0 Å². The molecule has 0 saturated carbocycles. The molecule has 0 bridgehead atoms. The van der Waals surface area contributed by atoms with E-state index in [-0.39, 0.29) is 0 Å². The first-order chi connectivity index (χ1) is 8.83. The molecule has 0 saturated heterocycles. The molecule has 0 amide bonds. The minimum absolute atomic E-state index is 0.783. The predicted molar refractivity (Wildman–Crippen MR) is 79.6 cm³/mol. The van der Waals surface area contributed by atoms with Gasteiger partial charge in [0.25, 0.3) is 0 Å². The van der Waals surface area contributed by atoms with E-state index in [0.29, 0.717) is 0 Å². The van der Waals surface area contributed by atoms with Crippen molar-refractivity contribution in [2.75, 3.05) is 13.2 Å².